The molecule has 0 bridgehead atoms. The van der Waals surface area contributed by atoms with Crippen molar-refractivity contribution in [3.05, 3.63) is 46.8 Å². The predicted molar refractivity (Wildman–Crippen MR) is 75.9 cm³/mol. The highest BCUT2D eigenvalue weighted by Crippen LogP contribution is 2.29. The number of hydrogen-bond acceptors (Lipinski definition) is 5. The molecule has 0 aliphatic carbocycles. The number of hydrogen-bond donors (Lipinski definition) is 1. The van der Waals surface area contributed by atoms with Crippen LogP contribution in [0.5, 0.6) is 5.75 Å². The van der Waals surface area contributed by atoms with E-state index in [9.17, 15) is 0 Å². The molecule has 6 heteroatoms. The maximum Gasteiger partial charge on any atom is 0.174 e. The lowest BCUT2D eigenvalue weighted by Crippen LogP contribution is -2.19. The zero-order valence-corrected chi connectivity index (χ0v) is 12.0. The molecule has 0 atom stereocenters. The average molecular weight is 297 g/mol. The third-order valence-electron chi connectivity index (χ3n) is 2.70. The molecule has 0 amide bonds. The molecule has 2 aromatic rings. The molecule has 108 valence electrons. The Balaban J connectivity index is 1.98. The average Bonchev–Trinajstić information content (AvgIpc) is 2.96. The van der Waals surface area contributed by atoms with Crippen molar-refractivity contribution in [3.8, 4) is 5.75 Å². The van der Waals surface area contributed by atoms with Crippen LogP contribution < -0.4 is 10.1 Å². The van der Waals surface area contributed by atoms with E-state index in [1.54, 1.807) is 25.4 Å². The van der Waals surface area contributed by atoms with E-state index in [1.807, 2.05) is 12.1 Å². The van der Waals surface area contributed by atoms with Crippen molar-refractivity contribution in [3.63, 3.8) is 0 Å². The second-order valence-electron chi connectivity index (χ2n) is 4.17. The monoisotopic (exact) mass is 296 g/mol. The molecule has 1 N–H and O–H groups in total. The molecule has 0 aliphatic rings. The largest absolute Gasteiger partial charge is 0.484 e. The number of ether oxygens (including phenoxy) is 2. The lowest BCUT2D eigenvalue weighted by molar-refractivity contribution is 0.198. The summed E-state index contributed by atoms with van der Waals surface area (Å²) in [6.45, 7) is 2.39. The maximum atomic E-state index is 6.19. The van der Waals surface area contributed by atoms with Gasteiger partial charge in [0.05, 0.1) is 17.8 Å². The van der Waals surface area contributed by atoms with Crippen molar-refractivity contribution in [2.24, 2.45) is 0 Å². The highest BCUT2D eigenvalue weighted by Gasteiger charge is 2.09. The molecule has 0 fully saturated rings. The number of rotatable bonds is 8. The fraction of sp³-hybridized carbons (Fsp3) is 0.357. The Labute approximate surface area is 122 Å². The molecular formula is C14H17ClN2O3. The quantitative estimate of drug-likeness (QED) is 0.759. The van der Waals surface area contributed by atoms with E-state index in [0.717, 1.165) is 12.1 Å². The van der Waals surface area contributed by atoms with Crippen LogP contribution in [0.2, 0.25) is 5.02 Å². The lowest BCUT2D eigenvalue weighted by atomic mass is 10.2. The lowest BCUT2D eigenvalue weighted by Gasteiger charge is -2.12. The molecule has 0 spiro atoms. The van der Waals surface area contributed by atoms with Gasteiger partial charge >= 0.3 is 0 Å². The molecule has 0 saturated heterocycles. The first kappa shape index (κ1) is 14.8. The van der Waals surface area contributed by atoms with Crippen LogP contribution in [0.4, 0.5) is 0 Å². The minimum Gasteiger partial charge on any atom is -0.484 e. The summed E-state index contributed by atoms with van der Waals surface area (Å²) in [6.07, 6.45) is 1.58. The third kappa shape index (κ3) is 4.23. The number of nitrogens with one attached hydrogen (secondary N) is 1. The summed E-state index contributed by atoms with van der Waals surface area (Å²) in [4.78, 5) is 0. The standard InChI is InChI=1S/C14H17ClN2O3/c1-18-8-7-16-9-11-3-2-4-13(15)14(11)19-10-12-5-6-17-20-12/h2-6,16H,7-10H2,1H3. The topological polar surface area (TPSA) is 56.5 Å². The van der Waals surface area contributed by atoms with Crippen molar-refractivity contribution < 1.29 is 14.0 Å². The zero-order chi connectivity index (χ0) is 14.2. The Kier molecular flexibility index (Phi) is 5.86. The summed E-state index contributed by atoms with van der Waals surface area (Å²) in [5.41, 5.74) is 0.994. The minimum atomic E-state index is 0.300. The van der Waals surface area contributed by atoms with Gasteiger partial charge in [-0.15, -0.1) is 0 Å². The van der Waals surface area contributed by atoms with Crippen molar-refractivity contribution in [2.75, 3.05) is 20.3 Å². The van der Waals surface area contributed by atoms with E-state index in [1.165, 1.54) is 0 Å². The van der Waals surface area contributed by atoms with Crippen LogP contribution in [0.3, 0.4) is 0 Å². The number of para-hydroxylation sites is 1. The van der Waals surface area contributed by atoms with E-state index in [-0.39, 0.29) is 0 Å². The molecule has 2 rings (SSSR count). The van der Waals surface area contributed by atoms with Gasteiger partial charge in [-0.1, -0.05) is 28.9 Å². The van der Waals surface area contributed by atoms with Gasteiger partial charge in [-0.2, -0.15) is 0 Å². The van der Waals surface area contributed by atoms with Crippen LogP contribution in [0.15, 0.2) is 35.0 Å². The normalized spacial score (nSPS) is 10.7. The molecule has 1 aromatic heterocycles. The van der Waals surface area contributed by atoms with E-state index >= 15 is 0 Å². The van der Waals surface area contributed by atoms with E-state index in [4.69, 9.17) is 25.6 Å². The number of halogens is 1. The number of methoxy groups -OCH3 is 1. The Morgan fingerprint density at radius 1 is 1.35 bits per heavy atom. The molecular weight excluding hydrogens is 280 g/mol. The van der Waals surface area contributed by atoms with Crippen LogP contribution in [0.1, 0.15) is 11.3 Å². The maximum absolute atomic E-state index is 6.19. The number of benzene rings is 1. The van der Waals surface area contributed by atoms with Crippen molar-refractivity contribution in [2.45, 2.75) is 13.2 Å². The molecule has 0 aliphatic heterocycles. The minimum absolute atomic E-state index is 0.300. The first-order valence-electron chi connectivity index (χ1n) is 6.30. The van der Waals surface area contributed by atoms with Gasteiger partial charge in [0.15, 0.2) is 5.76 Å². The molecule has 0 unspecified atom stereocenters. The van der Waals surface area contributed by atoms with E-state index in [0.29, 0.717) is 36.3 Å². The summed E-state index contributed by atoms with van der Waals surface area (Å²) in [7, 11) is 1.67. The van der Waals surface area contributed by atoms with Crippen molar-refractivity contribution in [1.82, 2.24) is 10.5 Å². The van der Waals surface area contributed by atoms with Gasteiger partial charge in [0.1, 0.15) is 12.4 Å². The van der Waals surface area contributed by atoms with Crippen LogP contribution >= 0.6 is 11.6 Å². The van der Waals surface area contributed by atoms with Crippen LogP contribution in [0, 0.1) is 0 Å². The van der Waals surface area contributed by atoms with Gasteiger partial charge in [-0.25, -0.2) is 0 Å². The fourth-order valence-electron chi connectivity index (χ4n) is 1.71. The fourth-order valence-corrected chi connectivity index (χ4v) is 1.96. The molecule has 1 heterocycles. The van der Waals surface area contributed by atoms with Gasteiger partial charge in [0.2, 0.25) is 0 Å². The summed E-state index contributed by atoms with van der Waals surface area (Å²) >= 11 is 6.19. The first-order valence-corrected chi connectivity index (χ1v) is 6.68. The predicted octanol–water partition coefficient (Wildman–Crippen LogP) is 2.64. The Bertz CT molecular complexity index is 517. The highest BCUT2D eigenvalue weighted by molar-refractivity contribution is 6.32. The summed E-state index contributed by atoms with van der Waals surface area (Å²) in [5, 5.41) is 7.48. The molecule has 5 nitrogen and oxygen atoms in total. The Hall–Kier alpha value is -1.56. The van der Waals surface area contributed by atoms with Crippen LogP contribution in [-0.2, 0) is 17.9 Å². The van der Waals surface area contributed by atoms with Crippen molar-refractivity contribution >= 4 is 11.6 Å². The summed E-state index contributed by atoms with van der Waals surface area (Å²) in [5.74, 6) is 1.32. The smallest absolute Gasteiger partial charge is 0.174 e. The molecule has 0 saturated carbocycles. The highest BCUT2D eigenvalue weighted by atomic mass is 35.5. The van der Waals surface area contributed by atoms with Gasteiger partial charge in [0, 0.05) is 31.8 Å². The van der Waals surface area contributed by atoms with Crippen LogP contribution in [-0.4, -0.2) is 25.4 Å². The number of nitrogens with zero attached hydrogens (tertiary/aromatic N) is 1. The number of aromatic nitrogens is 1. The van der Waals surface area contributed by atoms with Crippen LogP contribution in [0.25, 0.3) is 0 Å². The van der Waals surface area contributed by atoms with Gasteiger partial charge in [-0.3, -0.25) is 0 Å². The van der Waals surface area contributed by atoms with Gasteiger partial charge in [-0.05, 0) is 6.07 Å². The van der Waals surface area contributed by atoms with E-state index in [2.05, 4.69) is 10.5 Å². The Morgan fingerprint density at radius 3 is 3.00 bits per heavy atom. The molecule has 1 aromatic carbocycles. The summed E-state index contributed by atoms with van der Waals surface area (Å²) < 4.78 is 15.7. The van der Waals surface area contributed by atoms with Crippen molar-refractivity contribution in [1.29, 1.82) is 0 Å². The summed E-state index contributed by atoms with van der Waals surface area (Å²) in [6, 6.07) is 7.43. The second kappa shape index (κ2) is 7.89. The van der Waals surface area contributed by atoms with Gasteiger partial charge < -0.3 is 19.3 Å². The SMILES string of the molecule is COCCNCc1cccc(Cl)c1OCc1ccno1. The van der Waals surface area contributed by atoms with Gasteiger partial charge in [0.25, 0.3) is 0 Å². The molecule has 20 heavy (non-hydrogen) atoms. The molecule has 0 radical (unpaired) electrons. The zero-order valence-electron chi connectivity index (χ0n) is 11.3. The second-order valence-corrected chi connectivity index (χ2v) is 4.57. The Morgan fingerprint density at radius 2 is 2.25 bits per heavy atom. The first-order chi connectivity index (χ1) is 9.81. The van der Waals surface area contributed by atoms with E-state index < -0.39 is 0 Å². The third-order valence-corrected chi connectivity index (χ3v) is 2.99.